The van der Waals surface area contributed by atoms with Gasteiger partial charge in [-0.25, -0.2) is 9.18 Å². The first-order valence-electron chi connectivity index (χ1n) is 12.1. The van der Waals surface area contributed by atoms with Crippen molar-refractivity contribution in [1.82, 2.24) is 14.9 Å². The van der Waals surface area contributed by atoms with E-state index in [1.54, 1.807) is 24.3 Å². The number of rotatable bonds is 5. The van der Waals surface area contributed by atoms with Crippen LogP contribution in [0, 0.1) is 5.82 Å². The van der Waals surface area contributed by atoms with E-state index in [1.807, 2.05) is 24.4 Å². The Kier molecular flexibility index (Phi) is 8.23. The molecule has 0 bridgehead atoms. The van der Waals surface area contributed by atoms with Gasteiger partial charge in [-0.1, -0.05) is 0 Å². The molecule has 3 aromatic rings. The Labute approximate surface area is 216 Å². The molecule has 2 aliphatic rings. The molecule has 2 fully saturated rings. The minimum absolute atomic E-state index is 0. The van der Waals surface area contributed by atoms with Gasteiger partial charge < -0.3 is 24.4 Å². The number of amides is 1. The molecular formula is C26H33ClFN5O3. The van der Waals surface area contributed by atoms with E-state index < -0.39 is 6.09 Å². The van der Waals surface area contributed by atoms with E-state index in [9.17, 15) is 9.18 Å². The number of carbonyl (C=O) groups excluding carboxylic acids is 1. The van der Waals surface area contributed by atoms with E-state index in [2.05, 4.69) is 27.1 Å². The van der Waals surface area contributed by atoms with Gasteiger partial charge in [0.25, 0.3) is 0 Å². The Morgan fingerprint density at radius 1 is 1.06 bits per heavy atom. The fourth-order valence-electron chi connectivity index (χ4n) is 5.03. The smallest absolute Gasteiger partial charge is 0.430 e. The highest BCUT2D eigenvalue weighted by Gasteiger charge is 2.25. The summed E-state index contributed by atoms with van der Waals surface area (Å²) in [6.45, 7) is 5.00. The monoisotopic (exact) mass is 517 g/mol. The summed E-state index contributed by atoms with van der Waals surface area (Å²) < 4.78 is 19.3. The van der Waals surface area contributed by atoms with Crippen LogP contribution in [0.15, 0.2) is 42.6 Å². The molecule has 2 N–H and O–H groups in total. The van der Waals surface area contributed by atoms with E-state index in [4.69, 9.17) is 9.57 Å². The number of methoxy groups -OCH3 is 1. The van der Waals surface area contributed by atoms with E-state index in [0.717, 1.165) is 66.9 Å². The first kappa shape index (κ1) is 26.1. The number of fused-ring (bicyclic) bond motifs is 1. The van der Waals surface area contributed by atoms with Crippen molar-refractivity contribution in [3.05, 3.63) is 54.0 Å². The van der Waals surface area contributed by atoms with Gasteiger partial charge in [-0.3, -0.25) is 5.32 Å². The van der Waals surface area contributed by atoms with Gasteiger partial charge >= 0.3 is 6.09 Å². The SMILES string of the molecule is COc1ccc(NC(=O)ON2CCC(c3c[nH]c4ccc(F)cc34)CC2)cc1N1CCN(C)CC1.Cl. The largest absolute Gasteiger partial charge is 0.495 e. The van der Waals surface area contributed by atoms with Crippen LogP contribution in [0.25, 0.3) is 10.9 Å². The Morgan fingerprint density at radius 3 is 2.53 bits per heavy atom. The number of benzene rings is 2. The molecule has 0 spiro atoms. The van der Waals surface area contributed by atoms with Crippen molar-refractivity contribution in [2.24, 2.45) is 0 Å². The lowest BCUT2D eigenvalue weighted by Gasteiger charge is -2.35. The van der Waals surface area contributed by atoms with Crippen LogP contribution in [0.3, 0.4) is 0 Å². The first-order chi connectivity index (χ1) is 17.0. The number of nitrogens with zero attached hydrogens (tertiary/aromatic N) is 3. The zero-order valence-corrected chi connectivity index (χ0v) is 21.4. The number of ether oxygens (including phenoxy) is 1. The van der Waals surface area contributed by atoms with Crippen LogP contribution in [0.2, 0.25) is 0 Å². The van der Waals surface area contributed by atoms with Crippen LogP contribution in [0.5, 0.6) is 5.75 Å². The molecule has 0 saturated carbocycles. The molecule has 0 unspecified atom stereocenters. The van der Waals surface area contributed by atoms with Crippen LogP contribution in [-0.2, 0) is 4.84 Å². The van der Waals surface area contributed by atoms with Gasteiger partial charge in [0.15, 0.2) is 0 Å². The highest BCUT2D eigenvalue weighted by Crippen LogP contribution is 2.34. The maximum atomic E-state index is 13.7. The number of hydrogen-bond donors (Lipinski definition) is 2. The fourth-order valence-corrected chi connectivity index (χ4v) is 5.03. The van der Waals surface area contributed by atoms with Crippen molar-refractivity contribution in [1.29, 1.82) is 0 Å². The van der Waals surface area contributed by atoms with Crippen molar-refractivity contribution in [3.63, 3.8) is 0 Å². The zero-order valence-electron chi connectivity index (χ0n) is 20.6. The van der Waals surface area contributed by atoms with Gasteiger partial charge in [0, 0.05) is 62.1 Å². The Balaban J connectivity index is 0.00000304. The average Bonchev–Trinajstić information content (AvgIpc) is 3.28. The number of nitrogens with one attached hydrogen (secondary N) is 2. The molecule has 0 radical (unpaired) electrons. The number of aromatic nitrogens is 1. The number of anilines is 2. The van der Waals surface area contributed by atoms with E-state index in [1.165, 1.54) is 6.07 Å². The third-order valence-corrected chi connectivity index (χ3v) is 7.05. The topological polar surface area (TPSA) is 73.1 Å². The highest BCUT2D eigenvalue weighted by molar-refractivity contribution is 5.86. The number of likely N-dealkylation sites (N-methyl/N-ethyl adjacent to an activating group) is 1. The minimum atomic E-state index is -0.507. The number of H-pyrrole nitrogens is 1. The summed E-state index contributed by atoms with van der Waals surface area (Å²) >= 11 is 0. The summed E-state index contributed by atoms with van der Waals surface area (Å²) in [5.74, 6) is 0.846. The Hall–Kier alpha value is -3.01. The lowest BCUT2D eigenvalue weighted by Crippen LogP contribution is -2.44. The van der Waals surface area contributed by atoms with E-state index in [0.29, 0.717) is 24.7 Å². The summed E-state index contributed by atoms with van der Waals surface area (Å²) in [7, 11) is 3.78. The standard InChI is InChI=1S/C26H32FN5O3.ClH/c1-30-11-13-31(14-12-30)24-16-20(4-6-25(24)34-2)29-26(33)35-32-9-7-18(8-10-32)22-17-28-23-5-3-19(27)15-21(22)23;/h3-6,15-18,28H,7-14H2,1-2H3,(H,29,33);1H. The third-order valence-electron chi connectivity index (χ3n) is 7.05. The molecule has 194 valence electrons. The van der Waals surface area contributed by atoms with Crippen molar-refractivity contribution in [2.45, 2.75) is 18.8 Å². The normalized spacial score (nSPS) is 17.6. The second-order valence-electron chi connectivity index (χ2n) is 9.32. The molecule has 10 heteroatoms. The summed E-state index contributed by atoms with van der Waals surface area (Å²) in [4.78, 5) is 26.0. The predicted molar refractivity (Wildman–Crippen MR) is 142 cm³/mol. The molecular weight excluding hydrogens is 485 g/mol. The second kappa shape index (κ2) is 11.4. The Bertz CT molecular complexity index is 1190. The molecule has 2 saturated heterocycles. The number of hydrogen-bond acceptors (Lipinski definition) is 6. The van der Waals surface area contributed by atoms with Gasteiger partial charge in [0.1, 0.15) is 11.6 Å². The number of hydroxylamine groups is 2. The maximum absolute atomic E-state index is 13.7. The summed E-state index contributed by atoms with van der Waals surface area (Å²) in [6, 6.07) is 10.5. The van der Waals surface area contributed by atoms with Gasteiger partial charge in [-0.05, 0) is 67.8 Å². The van der Waals surface area contributed by atoms with Crippen molar-refractivity contribution < 1.29 is 18.8 Å². The fraction of sp³-hybridized carbons (Fsp3) is 0.423. The van der Waals surface area contributed by atoms with Crippen molar-refractivity contribution in [3.8, 4) is 5.75 Å². The molecule has 36 heavy (non-hydrogen) atoms. The van der Waals surface area contributed by atoms with Gasteiger partial charge in [0.2, 0.25) is 0 Å². The van der Waals surface area contributed by atoms with Crippen molar-refractivity contribution >= 4 is 40.8 Å². The summed E-state index contributed by atoms with van der Waals surface area (Å²) in [6.07, 6.45) is 3.12. The molecule has 0 atom stereocenters. The van der Waals surface area contributed by atoms with Crippen LogP contribution in [-0.4, -0.2) is 74.5 Å². The molecule has 8 nitrogen and oxygen atoms in total. The van der Waals surface area contributed by atoms with Crippen LogP contribution < -0.4 is 15.0 Å². The molecule has 5 rings (SSSR count). The minimum Gasteiger partial charge on any atom is -0.495 e. The highest BCUT2D eigenvalue weighted by atomic mass is 35.5. The van der Waals surface area contributed by atoms with Gasteiger partial charge in [-0.15, -0.1) is 17.5 Å². The first-order valence-corrected chi connectivity index (χ1v) is 12.1. The van der Waals surface area contributed by atoms with Crippen LogP contribution in [0.1, 0.15) is 24.3 Å². The number of piperazine rings is 1. The van der Waals surface area contributed by atoms with Crippen LogP contribution >= 0.6 is 12.4 Å². The van der Waals surface area contributed by atoms with Gasteiger partial charge in [-0.2, -0.15) is 0 Å². The molecule has 0 aliphatic carbocycles. The van der Waals surface area contributed by atoms with Crippen LogP contribution in [0.4, 0.5) is 20.6 Å². The predicted octanol–water partition coefficient (Wildman–Crippen LogP) is 4.83. The molecule has 3 heterocycles. The van der Waals surface area contributed by atoms with Crippen molar-refractivity contribution in [2.75, 3.05) is 63.6 Å². The second-order valence-corrected chi connectivity index (χ2v) is 9.32. The van der Waals surface area contributed by atoms with E-state index >= 15 is 0 Å². The Morgan fingerprint density at radius 2 is 1.81 bits per heavy atom. The average molecular weight is 518 g/mol. The number of carbonyl (C=O) groups is 1. The zero-order chi connectivity index (χ0) is 24.4. The van der Waals surface area contributed by atoms with E-state index in [-0.39, 0.29) is 18.2 Å². The number of piperidine rings is 1. The molecule has 2 aromatic carbocycles. The lowest BCUT2D eigenvalue weighted by atomic mass is 9.90. The van der Waals surface area contributed by atoms with Gasteiger partial charge in [0.05, 0.1) is 12.8 Å². The summed E-state index contributed by atoms with van der Waals surface area (Å²) in [5.41, 5.74) is 3.70. The lowest BCUT2D eigenvalue weighted by molar-refractivity contribution is -0.108. The number of halogens is 2. The number of aromatic amines is 1. The summed E-state index contributed by atoms with van der Waals surface area (Å²) in [5, 5.41) is 5.48. The quantitative estimate of drug-likeness (QED) is 0.505. The molecule has 1 amide bonds. The molecule has 1 aromatic heterocycles. The molecule has 2 aliphatic heterocycles. The third kappa shape index (κ3) is 5.69. The maximum Gasteiger partial charge on any atom is 0.430 e.